The molecule has 602 valence electrons. The van der Waals surface area contributed by atoms with Crippen LogP contribution in [0.25, 0.3) is 0 Å². The van der Waals surface area contributed by atoms with Crippen molar-refractivity contribution in [2.24, 2.45) is 15.9 Å². The molecule has 2 aliphatic heterocycles. The average molecular weight is 1610 g/mol. The van der Waals surface area contributed by atoms with Crippen molar-refractivity contribution in [3.05, 3.63) is 188 Å². The highest BCUT2D eigenvalue weighted by Crippen LogP contribution is 2.26. The summed E-state index contributed by atoms with van der Waals surface area (Å²) in [6.07, 6.45) is 48.8. The molecule has 0 bridgehead atoms. The van der Waals surface area contributed by atoms with Crippen LogP contribution in [0.3, 0.4) is 0 Å². The Kier molecular flexibility index (Phi) is 43.4. The highest BCUT2D eigenvalue weighted by molar-refractivity contribution is 6.50. The lowest BCUT2D eigenvalue weighted by molar-refractivity contribution is -0.132. The smallest absolute Gasteiger partial charge is 0.477 e. The molecule has 7 heterocycles. The van der Waals surface area contributed by atoms with Gasteiger partial charge in [-0.3, -0.25) is 19.7 Å². The van der Waals surface area contributed by atoms with Gasteiger partial charge in [-0.15, -0.1) is 24.0 Å². The third-order valence-electron chi connectivity index (χ3n) is 17.4. The van der Waals surface area contributed by atoms with E-state index in [1.807, 2.05) is 94.1 Å². The molecule has 111 heavy (non-hydrogen) atoms. The highest BCUT2D eigenvalue weighted by atomic mass is 35.5. The normalized spacial score (nSPS) is 15.8. The molecule has 0 aromatic carbocycles. The molecule has 9 N–H and O–H groups in total. The van der Waals surface area contributed by atoms with Crippen LogP contribution in [0.15, 0.2) is 160 Å². The van der Waals surface area contributed by atoms with Crippen molar-refractivity contribution in [1.29, 1.82) is 0 Å². The first kappa shape index (κ1) is 94.5. The Bertz CT molecular complexity index is 3890. The maximum absolute atomic E-state index is 12.2. The molecule has 12 rings (SSSR count). The van der Waals surface area contributed by atoms with E-state index in [2.05, 4.69) is 86.9 Å². The van der Waals surface area contributed by atoms with Crippen LogP contribution >= 0.6 is 47.2 Å². The Morgan fingerprint density at radius 3 is 1.15 bits per heavy atom. The SMILES string of the molecule is CC(C)(C)OC(=O)Nc1ccc(CC2=CCCCC2)cn1.CC(C)(C)OC(N)=O.CN1N=C(C(=O)Nc2ccc(CC3=CCCCC3)cn2)CCC1=O.CN1N=C(C(=O)O)CCC1=O.Cl.ClCc1ccc(Cl)nc1.Clc1ccc(CC2=CCCCC2)cn1.Nc1ccc(CC2=CCCCC2)cn1.OB(O)C1=CCCCC1. The lowest BCUT2D eigenvalue weighted by atomic mass is 9.74. The fourth-order valence-electron chi connectivity index (χ4n) is 11.7. The predicted octanol–water partition coefficient (Wildman–Crippen LogP) is 17.6. The second-order valence-corrected chi connectivity index (χ2v) is 30.2. The number of aliphatic carboxylic acids is 1. The van der Waals surface area contributed by atoms with E-state index in [1.54, 1.807) is 51.2 Å². The Labute approximate surface area is 676 Å². The van der Waals surface area contributed by atoms with Crippen molar-refractivity contribution in [1.82, 2.24) is 34.9 Å². The molecule has 0 saturated heterocycles. The maximum atomic E-state index is 12.2. The fraction of sp³-hybridized carbons (Fsp3) is 0.476. The fourth-order valence-corrected chi connectivity index (χ4v) is 12.1. The summed E-state index contributed by atoms with van der Waals surface area (Å²) in [5.74, 6) is 0.542. The van der Waals surface area contributed by atoms with Gasteiger partial charge in [0, 0.05) is 76.6 Å². The second kappa shape index (κ2) is 50.9. The number of halogens is 4. The first-order chi connectivity index (χ1) is 52.4. The molecule has 7 aliphatic rings. The maximum Gasteiger partial charge on any atom is 0.483 e. The van der Waals surface area contributed by atoms with Gasteiger partial charge >= 0.3 is 25.3 Å². The summed E-state index contributed by atoms with van der Waals surface area (Å²) in [6.45, 7) is 10.8. The van der Waals surface area contributed by atoms with Crippen LogP contribution in [-0.2, 0) is 60.2 Å². The Hall–Kier alpha value is -8.85. The number of aromatic nitrogens is 5. The number of nitrogen functional groups attached to an aromatic ring is 1. The minimum atomic E-state index is -1.20. The number of nitrogens with zero attached hydrogens (tertiary/aromatic N) is 9. The number of carboxylic acid groups (broad SMARTS) is 1. The minimum absolute atomic E-state index is 0. The van der Waals surface area contributed by atoms with Crippen molar-refractivity contribution >= 4 is 119 Å². The first-order valence-electron chi connectivity index (χ1n) is 37.7. The molecule has 5 aromatic heterocycles. The molecular formula is C82H112BCl4N13O11. The van der Waals surface area contributed by atoms with Gasteiger partial charge in [0.2, 0.25) is 11.8 Å². The molecule has 0 radical (unpaired) electrons. The summed E-state index contributed by atoms with van der Waals surface area (Å²) in [7, 11) is 1.80. The largest absolute Gasteiger partial charge is 0.483 e. The van der Waals surface area contributed by atoms with Crippen molar-refractivity contribution in [3.63, 3.8) is 0 Å². The molecule has 0 fully saturated rings. The standard InChI is InChI=1S/C18H22N4O2.C17H24N2O2.C12H14ClN.C12H16N2.C6H11BO2.C6H5Cl2N.C6H8N2O3.C5H11NO2.ClH/c1-22-17(23)10-8-15(21-22)18(24)20-16-9-7-14(12-19-16)11-13-5-3-2-4-6-13;1-17(2,3)21-16(20)19-15-10-9-14(12-18-15)11-13-7-5-4-6-8-13;2*13-12-7-6-11(9-14-12)8-10-4-2-1-3-5-10;8-7(9)6-4-2-1-3-5-6;7-3-5-1-2-6(8)9-4-5;1-8-5(9)3-2-4(7-8)6(10)11;1-5(2,3)8-4(6)7;/h5,7,9,12H,2-4,6,8,10-11H2,1H3,(H,19,20,24);7,9-10,12H,4-6,8,11H2,1-3H3,(H,18,19,20);4,6-7,9H,1-3,5,8H2;4,6-7,9H,1-3,5,8H2,(H2,13,14);4,8-9H,1-3,5H2;1-2,4H,3H2;2-3H2,1H3,(H,10,11);1-3H3,(H2,6,7);1H. The number of allylic oxidation sites excluding steroid dienone is 10. The monoisotopic (exact) mass is 1610 g/mol. The Morgan fingerprint density at radius 1 is 0.486 bits per heavy atom. The van der Waals surface area contributed by atoms with Crippen LogP contribution in [0.4, 0.5) is 27.0 Å². The van der Waals surface area contributed by atoms with E-state index < -0.39 is 36.5 Å². The lowest BCUT2D eigenvalue weighted by Gasteiger charge is -2.19. The molecule has 5 amide bonds. The quantitative estimate of drug-likeness (QED) is 0.0235. The summed E-state index contributed by atoms with van der Waals surface area (Å²) in [5, 5.41) is 42.1. The van der Waals surface area contributed by atoms with E-state index in [0.717, 1.165) is 66.6 Å². The average Bonchev–Trinajstić information content (AvgIpc) is 0.889. The van der Waals surface area contributed by atoms with E-state index in [-0.39, 0.29) is 48.7 Å². The number of amides is 5. The van der Waals surface area contributed by atoms with Crippen LogP contribution in [0.2, 0.25) is 10.3 Å². The number of primary amides is 1. The minimum Gasteiger partial charge on any atom is -0.477 e. The number of hydrogen-bond acceptors (Lipinski definition) is 18. The number of anilines is 3. The summed E-state index contributed by atoms with van der Waals surface area (Å²) >= 11 is 16.7. The zero-order valence-corrected chi connectivity index (χ0v) is 68.5. The number of carboxylic acids is 1. The predicted molar refractivity (Wildman–Crippen MR) is 446 cm³/mol. The van der Waals surface area contributed by atoms with E-state index in [9.17, 15) is 28.8 Å². The molecule has 24 nitrogen and oxygen atoms in total. The van der Waals surface area contributed by atoms with Gasteiger partial charge in [-0.25, -0.2) is 49.3 Å². The number of nitrogens with one attached hydrogen (secondary N) is 2. The van der Waals surface area contributed by atoms with Crippen LogP contribution in [0.5, 0.6) is 0 Å². The summed E-state index contributed by atoms with van der Waals surface area (Å²) in [5.41, 5.74) is 22.4. The number of hydrazone groups is 2. The highest BCUT2D eigenvalue weighted by Gasteiger charge is 2.24. The van der Waals surface area contributed by atoms with Crippen molar-refractivity contribution in [3.8, 4) is 0 Å². The van der Waals surface area contributed by atoms with Gasteiger partial charge in [-0.2, -0.15) is 10.2 Å². The van der Waals surface area contributed by atoms with E-state index >= 15 is 0 Å². The van der Waals surface area contributed by atoms with E-state index in [0.29, 0.717) is 52.2 Å². The molecule has 0 unspecified atom stereocenters. The number of rotatable bonds is 14. The van der Waals surface area contributed by atoms with Crippen molar-refractivity contribution < 1.29 is 53.4 Å². The number of hydrogen-bond donors (Lipinski definition) is 7. The van der Waals surface area contributed by atoms with Gasteiger partial charge in [0.1, 0.15) is 50.4 Å². The second-order valence-electron chi connectivity index (χ2n) is 29.2. The third-order valence-corrected chi connectivity index (χ3v) is 18.1. The van der Waals surface area contributed by atoms with Crippen molar-refractivity contribution in [2.45, 2.75) is 238 Å². The molecule has 5 aliphatic carbocycles. The number of carbonyl (C=O) groups excluding carboxylic acids is 5. The number of carbonyl (C=O) groups is 6. The van der Waals surface area contributed by atoms with Gasteiger partial charge in [0.25, 0.3) is 5.91 Å². The topological polar surface area (TPSA) is 353 Å². The van der Waals surface area contributed by atoms with Gasteiger partial charge in [-0.1, -0.05) is 106 Å². The molecular weight excluding hydrogens is 1500 g/mol. The Balaban J connectivity index is 0.000000275. The molecule has 0 atom stereocenters. The number of alkyl halides is 1. The van der Waals surface area contributed by atoms with Gasteiger partial charge in [0.15, 0.2) is 0 Å². The number of nitrogens with two attached hydrogens (primary N) is 2. The van der Waals surface area contributed by atoms with Gasteiger partial charge in [0.05, 0.1) is 0 Å². The van der Waals surface area contributed by atoms with E-state index in [1.165, 1.54) is 149 Å². The van der Waals surface area contributed by atoms with Crippen LogP contribution in [0.1, 0.15) is 223 Å². The summed E-state index contributed by atoms with van der Waals surface area (Å²) in [4.78, 5) is 87.0. The molecule has 5 aromatic rings. The van der Waals surface area contributed by atoms with Crippen LogP contribution in [-0.4, -0.2) is 130 Å². The molecule has 0 saturated carbocycles. The number of pyridine rings is 5. The first-order valence-corrected chi connectivity index (χ1v) is 39.0. The van der Waals surface area contributed by atoms with Crippen molar-refractivity contribution in [2.75, 3.05) is 30.5 Å². The van der Waals surface area contributed by atoms with Gasteiger partial charge < -0.3 is 41.4 Å². The summed E-state index contributed by atoms with van der Waals surface area (Å²) < 4.78 is 9.77. The lowest BCUT2D eigenvalue weighted by Crippen LogP contribution is -2.34. The van der Waals surface area contributed by atoms with Crippen LogP contribution in [0, 0.1) is 0 Å². The van der Waals surface area contributed by atoms with Gasteiger partial charge in [-0.05, 0) is 259 Å². The Morgan fingerprint density at radius 2 is 0.856 bits per heavy atom. The zero-order chi connectivity index (χ0) is 80.4. The van der Waals surface area contributed by atoms with Crippen LogP contribution < -0.4 is 22.1 Å². The molecule has 0 spiro atoms. The molecule has 29 heteroatoms. The summed E-state index contributed by atoms with van der Waals surface area (Å²) in [6, 6.07) is 19.1. The van der Waals surface area contributed by atoms with E-state index in [4.69, 9.17) is 66.2 Å². The third kappa shape index (κ3) is 41.3. The zero-order valence-electron chi connectivity index (χ0n) is 65.5. The number of ether oxygens (including phenoxy) is 2.